The Balaban J connectivity index is 1.48. The van der Waals surface area contributed by atoms with Gasteiger partial charge in [0.2, 0.25) is 9.84 Å². The van der Waals surface area contributed by atoms with Gasteiger partial charge in [-0.3, -0.25) is 0 Å². The molecule has 4 rings (SSSR count). The molecule has 0 spiro atoms. The van der Waals surface area contributed by atoms with Gasteiger partial charge in [-0.2, -0.15) is 0 Å². The highest BCUT2D eigenvalue weighted by atomic mass is 32.2. The molecule has 34 heavy (non-hydrogen) atoms. The molecule has 0 amide bonds. The molecule has 0 atom stereocenters. The fraction of sp³-hybridized carbons (Fsp3) is 0.435. The molecule has 0 unspecified atom stereocenters. The second-order valence-corrected chi connectivity index (χ2v) is 11.7. The molecule has 0 radical (unpaired) electrons. The van der Waals surface area contributed by atoms with Gasteiger partial charge in [-0.25, -0.2) is 23.4 Å². The SMILES string of the molecule is CCOc1cccc(S(=O)(=O)c2cnc(Nc3cc(NCC4(N)CCCCC4)nc(C)n3)s2)c1. The van der Waals surface area contributed by atoms with Crippen LogP contribution in [0.15, 0.2) is 45.6 Å². The number of sulfone groups is 1. The smallest absolute Gasteiger partial charge is 0.217 e. The molecular weight excluding hydrogens is 472 g/mol. The van der Waals surface area contributed by atoms with E-state index in [0.717, 1.165) is 37.0 Å². The molecule has 2 heterocycles. The second kappa shape index (κ2) is 10.2. The Morgan fingerprint density at radius 3 is 2.68 bits per heavy atom. The van der Waals surface area contributed by atoms with Gasteiger partial charge in [0.15, 0.2) is 5.13 Å². The molecule has 0 aliphatic heterocycles. The molecule has 3 aromatic rings. The predicted molar refractivity (Wildman–Crippen MR) is 134 cm³/mol. The first-order valence-electron chi connectivity index (χ1n) is 11.4. The van der Waals surface area contributed by atoms with Gasteiger partial charge in [-0.05, 0) is 44.9 Å². The first kappa shape index (κ1) is 24.4. The molecule has 0 saturated heterocycles. The maximum atomic E-state index is 13.1. The fourth-order valence-electron chi connectivity index (χ4n) is 3.99. The molecule has 1 aromatic carbocycles. The second-order valence-electron chi connectivity index (χ2n) is 8.48. The first-order valence-corrected chi connectivity index (χ1v) is 13.7. The normalized spacial score (nSPS) is 15.6. The minimum absolute atomic E-state index is 0.134. The number of nitrogens with two attached hydrogens (primary N) is 1. The van der Waals surface area contributed by atoms with E-state index in [1.165, 1.54) is 18.7 Å². The number of hydrogen-bond donors (Lipinski definition) is 3. The zero-order valence-corrected chi connectivity index (χ0v) is 21.0. The van der Waals surface area contributed by atoms with Crippen LogP contribution in [0.4, 0.5) is 16.8 Å². The molecular formula is C23H30N6O3S2. The van der Waals surface area contributed by atoms with Crippen LogP contribution in [0.5, 0.6) is 5.75 Å². The van der Waals surface area contributed by atoms with Crippen LogP contribution in [0, 0.1) is 6.92 Å². The molecule has 2 aromatic heterocycles. The molecule has 9 nitrogen and oxygen atoms in total. The monoisotopic (exact) mass is 502 g/mol. The standard InChI is InChI=1S/C23H30N6O3S2/c1-3-32-17-8-7-9-18(12-17)34(30,31)21-14-25-22(33-21)29-20-13-19(27-16(2)28-20)26-15-23(24)10-5-4-6-11-23/h7-9,12-14H,3-6,10-11,15,24H2,1-2H3,(H2,25,26,27,28,29). The Kier molecular flexibility index (Phi) is 7.34. The maximum absolute atomic E-state index is 13.1. The third-order valence-corrected chi connectivity index (χ3v) is 8.85. The van der Waals surface area contributed by atoms with Gasteiger partial charge in [0, 0.05) is 18.2 Å². The molecule has 11 heteroatoms. The lowest BCUT2D eigenvalue weighted by molar-refractivity contribution is 0.311. The number of rotatable bonds is 9. The summed E-state index contributed by atoms with van der Waals surface area (Å²) in [6.07, 6.45) is 6.89. The van der Waals surface area contributed by atoms with Gasteiger partial charge in [0.05, 0.1) is 17.7 Å². The summed E-state index contributed by atoms with van der Waals surface area (Å²) in [6.45, 7) is 4.75. The van der Waals surface area contributed by atoms with Crippen molar-refractivity contribution in [3.8, 4) is 5.75 Å². The fourth-order valence-corrected chi connectivity index (χ4v) is 6.46. The van der Waals surface area contributed by atoms with Crippen molar-refractivity contribution in [2.45, 2.75) is 60.6 Å². The van der Waals surface area contributed by atoms with Crippen molar-refractivity contribution in [3.63, 3.8) is 0 Å². The largest absolute Gasteiger partial charge is 0.494 e. The highest BCUT2D eigenvalue weighted by Gasteiger charge is 2.27. The van der Waals surface area contributed by atoms with E-state index in [0.29, 0.717) is 41.5 Å². The first-order chi connectivity index (χ1) is 16.3. The van der Waals surface area contributed by atoms with E-state index in [-0.39, 0.29) is 14.6 Å². The summed E-state index contributed by atoms with van der Waals surface area (Å²) in [5.74, 6) is 2.29. The third-order valence-electron chi connectivity index (χ3n) is 5.72. The Labute approximate surface area is 204 Å². The molecule has 1 saturated carbocycles. The van der Waals surface area contributed by atoms with Crippen LogP contribution in [0.25, 0.3) is 0 Å². The molecule has 4 N–H and O–H groups in total. The van der Waals surface area contributed by atoms with E-state index < -0.39 is 9.84 Å². The molecule has 182 valence electrons. The van der Waals surface area contributed by atoms with E-state index in [9.17, 15) is 8.42 Å². The van der Waals surface area contributed by atoms with Gasteiger partial charge >= 0.3 is 0 Å². The number of aromatic nitrogens is 3. The Bertz CT molecular complexity index is 1240. The lowest BCUT2D eigenvalue weighted by atomic mass is 9.82. The average molecular weight is 503 g/mol. The van der Waals surface area contributed by atoms with Crippen LogP contribution in [0.3, 0.4) is 0 Å². The van der Waals surface area contributed by atoms with Crippen LogP contribution in [-0.4, -0.2) is 42.1 Å². The van der Waals surface area contributed by atoms with E-state index >= 15 is 0 Å². The average Bonchev–Trinajstić information content (AvgIpc) is 3.28. The van der Waals surface area contributed by atoms with Crippen LogP contribution in [0.1, 0.15) is 44.9 Å². The lowest BCUT2D eigenvalue weighted by Crippen LogP contribution is -2.47. The molecule has 1 aliphatic rings. The number of nitrogens with one attached hydrogen (secondary N) is 2. The summed E-state index contributed by atoms with van der Waals surface area (Å²) < 4.78 is 31.7. The van der Waals surface area contributed by atoms with Crippen molar-refractivity contribution < 1.29 is 13.2 Å². The Morgan fingerprint density at radius 2 is 1.91 bits per heavy atom. The van der Waals surface area contributed by atoms with Crippen LogP contribution < -0.4 is 21.1 Å². The minimum Gasteiger partial charge on any atom is -0.494 e. The molecule has 0 bridgehead atoms. The summed E-state index contributed by atoms with van der Waals surface area (Å²) >= 11 is 1.04. The van der Waals surface area contributed by atoms with Gasteiger partial charge in [-0.1, -0.05) is 36.7 Å². The number of benzene rings is 1. The maximum Gasteiger partial charge on any atom is 0.217 e. The van der Waals surface area contributed by atoms with Crippen molar-refractivity contribution in [1.29, 1.82) is 0 Å². The van der Waals surface area contributed by atoms with Crippen molar-refractivity contribution in [2.24, 2.45) is 5.73 Å². The zero-order chi connectivity index (χ0) is 24.2. The summed E-state index contributed by atoms with van der Waals surface area (Å²) in [6, 6.07) is 8.24. The molecule has 1 fully saturated rings. The highest BCUT2D eigenvalue weighted by molar-refractivity contribution is 7.93. The predicted octanol–water partition coefficient (Wildman–Crippen LogP) is 4.29. The minimum atomic E-state index is -3.72. The van der Waals surface area contributed by atoms with Gasteiger partial charge < -0.3 is 21.1 Å². The number of aryl methyl sites for hydroxylation is 1. The van der Waals surface area contributed by atoms with E-state index in [2.05, 4.69) is 25.6 Å². The highest BCUT2D eigenvalue weighted by Crippen LogP contribution is 2.32. The van der Waals surface area contributed by atoms with Gasteiger partial charge in [0.25, 0.3) is 0 Å². The van der Waals surface area contributed by atoms with Crippen molar-refractivity contribution in [1.82, 2.24) is 15.0 Å². The number of anilines is 3. The zero-order valence-electron chi connectivity index (χ0n) is 19.4. The Morgan fingerprint density at radius 1 is 1.15 bits per heavy atom. The number of ether oxygens (including phenoxy) is 1. The number of nitrogens with zero attached hydrogens (tertiary/aromatic N) is 3. The lowest BCUT2D eigenvalue weighted by Gasteiger charge is -2.33. The van der Waals surface area contributed by atoms with Gasteiger partial charge in [-0.15, -0.1) is 0 Å². The summed E-state index contributed by atoms with van der Waals surface area (Å²) in [7, 11) is -3.72. The van der Waals surface area contributed by atoms with Crippen LogP contribution >= 0.6 is 11.3 Å². The van der Waals surface area contributed by atoms with Crippen molar-refractivity contribution >= 4 is 37.9 Å². The van der Waals surface area contributed by atoms with E-state index in [1.54, 1.807) is 31.2 Å². The molecule has 1 aliphatic carbocycles. The quantitative estimate of drug-likeness (QED) is 0.392. The third kappa shape index (κ3) is 5.83. The summed E-state index contributed by atoms with van der Waals surface area (Å²) in [4.78, 5) is 13.3. The summed E-state index contributed by atoms with van der Waals surface area (Å²) in [5, 5.41) is 6.87. The van der Waals surface area contributed by atoms with E-state index in [1.807, 2.05) is 6.92 Å². The van der Waals surface area contributed by atoms with E-state index in [4.69, 9.17) is 10.5 Å². The van der Waals surface area contributed by atoms with Gasteiger partial charge in [0.1, 0.15) is 27.4 Å². The number of hydrogen-bond acceptors (Lipinski definition) is 10. The van der Waals surface area contributed by atoms with Crippen LogP contribution in [-0.2, 0) is 9.84 Å². The Hall–Kier alpha value is -2.76. The topological polar surface area (TPSA) is 132 Å². The number of thiazole rings is 1. The summed E-state index contributed by atoms with van der Waals surface area (Å²) in [5.41, 5.74) is 6.31. The van der Waals surface area contributed by atoms with Crippen molar-refractivity contribution in [2.75, 3.05) is 23.8 Å². The van der Waals surface area contributed by atoms with Crippen LogP contribution in [0.2, 0.25) is 0 Å². The van der Waals surface area contributed by atoms with Crippen molar-refractivity contribution in [3.05, 3.63) is 42.4 Å².